The molecule has 28 heteroatoms. The van der Waals surface area contributed by atoms with Crippen molar-refractivity contribution in [3.05, 3.63) is 11.5 Å². The van der Waals surface area contributed by atoms with Crippen LogP contribution in [0.4, 0.5) is 0 Å². The Balaban J connectivity index is -0.0000000705. The maximum absolute atomic E-state index is 8.49. The first-order valence-corrected chi connectivity index (χ1v) is 17.8. The maximum atomic E-state index is 8.49. The van der Waals surface area contributed by atoms with Crippen LogP contribution >= 0.6 is 0 Å². The SMILES string of the molecule is CN(C)CCCCC(CN)CCN.CN(C)CCCCC(C[NH-])CC[NH-].[Cu+2].[Cu+2].[O-][Cl+3]([O-])([O-])[O-].[O-][Cl+3]([O-])([O-])[O-].[O-][Cl+3]([O-])([O-])[O-].[O-][Cl+3]([O-])([O-])[O-]. The van der Waals surface area contributed by atoms with Crippen LogP contribution in [0.5, 0.6) is 0 Å². The zero-order chi connectivity index (χ0) is 38.2. The van der Waals surface area contributed by atoms with Crippen LogP contribution in [0.15, 0.2) is 0 Å². The van der Waals surface area contributed by atoms with Gasteiger partial charge >= 0.3 is 34.1 Å². The average Bonchev–Trinajstić information content (AvgIpc) is 2.79. The van der Waals surface area contributed by atoms with Crippen molar-refractivity contribution in [3.63, 3.8) is 0 Å². The Bertz CT molecular complexity index is 516. The Morgan fingerprint density at radius 1 is 0.479 bits per heavy atom. The fraction of sp³-hybridized carbons (Fsp3) is 1.00. The zero-order valence-corrected chi connectivity index (χ0v) is 31.7. The van der Waals surface area contributed by atoms with Gasteiger partial charge in [0.1, 0.15) is 0 Å². The first-order chi connectivity index (χ1) is 20.4. The normalized spacial score (nSPS) is 12.4. The predicted octanol–water partition coefficient (Wildman–Crippen LogP) is -15.6. The van der Waals surface area contributed by atoms with E-state index in [0.717, 1.165) is 38.9 Å². The van der Waals surface area contributed by atoms with E-state index < -0.39 is 41.0 Å². The van der Waals surface area contributed by atoms with Crippen LogP contribution in [0.2, 0.25) is 0 Å². The maximum Gasteiger partial charge on any atom is 2.00 e. The number of nitrogens with two attached hydrogens (primary N) is 2. The fourth-order valence-electron chi connectivity index (χ4n) is 2.89. The Morgan fingerprint density at radius 3 is 0.938 bits per heavy atom. The van der Waals surface area contributed by atoms with Crippen molar-refractivity contribution in [1.82, 2.24) is 9.80 Å². The van der Waals surface area contributed by atoms with Gasteiger partial charge in [-0.15, -0.1) is 47.5 Å². The monoisotopic (exact) mass is 894 g/mol. The molecule has 0 aromatic rings. The predicted molar refractivity (Wildman–Crippen MR) is 118 cm³/mol. The summed E-state index contributed by atoms with van der Waals surface area (Å²) in [6, 6.07) is 0. The molecular formula is C20H48Cl4Cu2N6O16-2. The molecule has 6 N–H and O–H groups in total. The summed E-state index contributed by atoms with van der Waals surface area (Å²) in [5, 5.41) is 0. The van der Waals surface area contributed by atoms with Crippen LogP contribution in [0.1, 0.15) is 51.4 Å². The standard InChI is InChI=1S/C10H25N3.C10H23N3.4ClHO4.2Cu/c2*1-13(2)8-4-3-5-10(9-12)6-7-11;4*2-1(3,4)5;;/h10H,3-9,11-12H2,1-2H3;10-12H,3-9H2,1-2H3;4*(H,2,3,4,5);;/q;-2;;;;;2*+2/p-4. The van der Waals surface area contributed by atoms with Crippen molar-refractivity contribution in [3.8, 4) is 0 Å². The van der Waals surface area contributed by atoms with E-state index in [4.69, 9.17) is 97.5 Å². The average molecular weight is 898 g/mol. The summed E-state index contributed by atoms with van der Waals surface area (Å²) in [6.45, 7) is 4.87. The molecule has 2 radical (unpaired) electrons. The molecule has 0 saturated carbocycles. The molecule has 0 aliphatic rings. The molecule has 0 saturated heterocycles. The van der Waals surface area contributed by atoms with Gasteiger partial charge in [0.25, 0.3) is 0 Å². The summed E-state index contributed by atoms with van der Waals surface area (Å²) in [6.07, 6.45) is 9.35. The molecule has 0 bridgehead atoms. The number of rotatable bonds is 16. The summed E-state index contributed by atoms with van der Waals surface area (Å²) in [4.78, 5) is 4.42. The van der Waals surface area contributed by atoms with E-state index in [2.05, 4.69) is 38.0 Å². The molecule has 0 fully saturated rings. The molecule has 48 heavy (non-hydrogen) atoms. The van der Waals surface area contributed by atoms with E-state index in [0.29, 0.717) is 24.9 Å². The van der Waals surface area contributed by atoms with Crippen LogP contribution in [-0.4, -0.2) is 77.3 Å². The Hall–Kier alpha value is 1.32. The largest absolute Gasteiger partial charge is 2.00 e. The molecule has 0 rings (SSSR count). The van der Waals surface area contributed by atoms with Gasteiger partial charge in [0.15, 0.2) is 0 Å². The van der Waals surface area contributed by atoms with Crippen molar-refractivity contribution in [2.45, 2.75) is 51.4 Å². The number of hydrogen-bond acceptors (Lipinski definition) is 20. The minimum absolute atomic E-state index is 0. The minimum Gasteiger partial charge on any atom is -0.677 e. The number of nitrogens with zero attached hydrogens (tertiary/aromatic N) is 2. The molecular weight excluding hydrogens is 849 g/mol. The second kappa shape index (κ2) is 41.1. The van der Waals surface area contributed by atoms with Crippen LogP contribution in [0.25, 0.3) is 11.5 Å². The topological polar surface area (TPSA) is 475 Å². The van der Waals surface area contributed by atoms with Crippen molar-refractivity contribution < 1.29 is 150 Å². The third-order valence-corrected chi connectivity index (χ3v) is 4.68. The quantitative estimate of drug-likeness (QED) is 0.107. The first kappa shape index (κ1) is 67.4. The van der Waals surface area contributed by atoms with E-state index in [1.54, 1.807) is 0 Å². The molecule has 22 nitrogen and oxygen atoms in total. The second-order valence-electron chi connectivity index (χ2n) is 9.40. The zero-order valence-electron chi connectivity index (χ0n) is 26.8. The van der Waals surface area contributed by atoms with Crippen LogP contribution < -0.4 is 86.0 Å². The van der Waals surface area contributed by atoms with Gasteiger partial charge in [0.2, 0.25) is 0 Å². The second-order valence-corrected chi connectivity index (χ2v) is 12.4. The summed E-state index contributed by atoms with van der Waals surface area (Å²) < 4.78 is 136. The Labute approximate surface area is 311 Å². The number of halogens is 4. The fourth-order valence-corrected chi connectivity index (χ4v) is 2.89. The molecule has 306 valence electrons. The van der Waals surface area contributed by atoms with Crippen LogP contribution in [0, 0.1) is 52.8 Å². The van der Waals surface area contributed by atoms with E-state index >= 15 is 0 Å². The number of nitrogens with one attached hydrogen (secondary N) is 2. The van der Waals surface area contributed by atoms with Gasteiger partial charge in [-0.3, -0.25) is 0 Å². The Morgan fingerprint density at radius 2 is 0.750 bits per heavy atom. The van der Waals surface area contributed by atoms with E-state index in [9.17, 15) is 0 Å². The molecule has 0 amide bonds. The minimum atomic E-state index is -4.94. The van der Waals surface area contributed by atoms with E-state index in [1.807, 2.05) is 0 Å². The number of unbranched alkanes of at least 4 members (excludes halogenated alkanes) is 2. The molecule has 0 aliphatic carbocycles. The Kier molecular flexibility index (Phi) is 57.7. The van der Waals surface area contributed by atoms with Crippen molar-refractivity contribution in [2.75, 3.05) is 67.5 Å². The molecule has 0 spiro atoms. The van der Waals surface area contributed by atoms with E-state index in [-0.39, 0.29) is 34.1 Å². The molecule has 2 atom stereocenters. The van der Waals surface area contributed by atoms with Crippen molar-refractivity contribution in [2.24, 2.45) is 23.3 Å². The van der Waals surface area contributed by atoms with Gasteiger partial charge in [-0.2, -0.15) is 6.54 Å². The van der Waals surface area contributed by atoms with Gasteiger partial charge in [0.05, 0.1) is 0 Å². The van der Waals surface area contributed by atoms with Crippen molar-refractivity contribution in [1.29, 1.82) is 0 Å². The summed E-state index contributed by atoms with van der Waals surface area (Å²) in [5.41, 5.74) is 25.5. The summed E-state index contributed by atoms with van der Waals surface area (Å²) >= 11 is 0. The molecule has 0 heterocycles. The van der Waals surface area contributed by atoms with E-state index in [1.165, 1.54) is 38.6 Å². The summed E-state index contributed by atoms with van der Waals surface area (Å²) in [5.74, 6) is 1.12. The van der Waals surface area contributed by atoms with Gasteiger partial charge in [-0.25, -0.2) is 74.5 Å². The van der Waals surface area contributed by atoms with Crippen molar-refractivity contribution >= 4 is 0 Å². The van der Waals surface area contributed by atoms with Gasteiger partial charge < -0.3 is 32.7 Å². The first-order valence-electron chi connectivity index (χ1n) is 12.9. The summed E-state index contributed by atoms with van der Waals surface area (Å²) in [7, 11) is -11.4. The molecule has 0 aliphatic heterocycles. The van der Waals surface area contributed by atoms with Gasteiger partial charge in [-0.05, 0) is 86.0 Å². The molecule has 0 aromatic carbocycles. The third kappa shape index (κ3) is 158. The molecule has 0 aromatic heterocycles. The molecule has 2 unspecified atom stereocenters. The number of hydrogen-bond donors (Lipinski definition) is 2. The van der Waals surface area contributed by atoms with Gasteiger partial charge in [0, 0.05) is 0 Å². The van der Waals surface area contributed by atoms with Crippen LogP contribution in [0.3, 0.4) is 0 Å². The smallest absolute Gasteiger partial charge is 0.677 e. The van der Waals surface area contributed by atoms with Crippen LogP contribution in [-0.2, 0) is 34.1 Å². The van der Waals surface area contributed by atoms with Gasteiger partial charge in [-0.1, -0.05) is 31.6 Å². The third-order valence-electron chi connectivity index (χ3n) is 4.68.